The predicted molar refractivity (Wildman–Crippen MR) is 156 cm³/mol. The van der Waals surface area contributed by atoms with Crippen LogP contribution in [0.2, 0.25) is 5.02 Å². The molecule has 5 rings (SSSR count). The molecule has 3 heterocycles. The first-order valence-electron chi connectivity index (χ1n) is 12.3. The van der Waals surface area contributed by atoms with E-state index < -0.39 is 15.9 Å². The minimum absolute atomic E-state index is 0.0604. The Labute approximate surface area is 236 Å². The van der Waals surface area contributed by atoms with E-state index in [-0.39, 0.29) is 17.4 Å². The molecule has 0 bridgehead atoms. The van der Waals surface area contributed by atoms with Crippen LogP contribution in [0.3, 0.4) is 0 Å². The van der Waals surface area contributed by atoms with Crippen molar-refractivity contribution >= 4 is 61.7 Å². The molecular formula is C27H26ClN3O4S3. The second kappa shape index (κ2) is 11.2. The summed E-state index contributed by atoms with van der Waals surface area (Å²) in [5.74, 6) is 0.342. The lowest BCUT2D eigenvalue weighted by Gasteiger charge is -2.20. The largest absolute Gasteiger partial charge is 0.492 e. The first-order chi connectivity index (χ1) is 18.3. The monoisotopic (exact) mass is 587 g/mol. The van der Waals surface area contributed by atoms with E-state index in [1.165, 1.54) is 16.7 Å². The maximum Gasteiger partial charge on any atom is 0.266 e. The maximum atomic E-state index is 13.4. The topological polar surface area (TPSA) is 81.5 Å². The highest BCUT2D eigenvalue weighted by molar-refractivity contribution is 8.26. The van der Waals surface area contributed by atoms with Crippen LogP contribution in [0.5, 0.6) is 5.75 Å². The number of rotatable bonds is 8. The minimum atomic E-state index is -3.16. The SMILES string of the molecule is CCCCOc1ccc(-c2nn(-c3ccccc3)cc2C=C2SC(=S)N(C3CCS(=O)(=O)C3)C2=O)cc1Cl. The van der Waals surface area contributed by atoms with Gasteiger partial charge in [0.05, 0.1) is 39.8 Å². The number of thioether (sulfide) groups is 1. The van der Waals surface area contributed by atoms with Crippen LogP contribution in [-0.2, 0) is 14.6 Å². The molecule has 2 aliphatic heterocycles. The highest BCUT2D eigenvalue weighted by Gasteiger charge is 2.42. The number of para-hydroxylation sites is 1. The van der Waals surface area contributed by atoms with Gasteiger partial charge in [0.25, 0.3) is 5.91 Å². The number of sulfone groups is 1. The van der Waals surface area contributed by atoms with Gasteiger partial charge in [0, 0.05) is 17.3 Å². The van der Waals surface area contributed by atoms with Gasteiger partial charge in [0.2, 0.25) is 0 Å². The van der Waals surface area contributed by atoms with Gasteiger partial charge in [-0.2, -0.15) is 5.10 Å². The van der Waals surface area contributed by atoms with Crippen LogP contribution in [0.4, 0.5) is 0 Å². The molecule has 1 amide bonds. The number of thiocarbonyl (C=S) groups is 1. The third kappa shape index (κ3) is 5.68. The Morgan fingerprint density at radius 3 is 2.71 bits per heavy atom. The molecule has 0 aliphatic carbocycles. The number of aromatic nitrogens is 2. The molecule has 198 valence electrons. The quantitative estimate of drug-likeness (QED) is 0.188. The first-order valence-corrected chi connectivity index (χ1v) is 15.7. The highest BCUT2D eigenvalue weighted by atomic mass is 35.5. The second-order valence-electron chi connectivity index (χ2n) is 9.17. The smallest absolute Gasteiger partial charge is 0.266 e. The molecule has 0 saturated carbocycles. The van der Waals surface area contributed by atoms with Crippen molar-refractivity contribution in [1.29, 1.82) is 0 Å². The Balaban J connectivity index is 1.51. The van der Waals surface area contributed by atoms with E-state index >= 15 is 0 Å². The first kappa shape index (κ1) is 26.9. The van der Waals surface area contributed by atoms with Gasteiger partial charge in [-0.1, -0.05) is 67.1 Å². The second-order valence-corrected chi connectivity index (χ2v) is 13.5. The summed E-state index contributed by atoms with van der Waals surface area (Å²) in [5, 5.41) is 5.30. The molecule has 7 nitrogen and oxygen atoms in total. The van der Waals surface area contributed by atoms with Crippen LogP contribution < -0.4 is 4.74 Å². The molecule has 0 N–H and O–H groups in total. The third-order valence-electron chi connectivity index (χ3n) is 6.41. The van der Waals surface area contributed by atoms with Crippen molar-refractivity contribution in [3.8, 4) is 22.7 Å². The van der Waals surface area contributed by atoms with Crippen LogP contribution >= 0.6 is 35.6 Å². The van der Waals surface area contributed by atoms with Crippen LogP contribution in [0.1, 0.15) is 31.7 Å². The Morgan fingerprint density at radius 1 is 1.24 bits per heavy atom. The number of halogens is 1. The van der Waals surface area contributed by atoms with Crippen molar-refractivity contribution in [2.45, 2.75) is 32.2 Å². The van der Waals surface area contributed by atoms with E-state index in [0.717, 1.165) is 24.1 Å². The molecule has 2 saturated heterocycles. The van der Waals surface area contributed by atoms with Crippen LogP contribution in [0.15, 0.2) is 59.6 Å². The Kier molecular flexibility index (Phi) is 7.95. The standard InChI is InChI=1S/C27H26ClN3O4S3/c1-2-3-12-35-23-10-9-18(14-22(23)28)25-19(16-30(29-25)20-7-5-4-6-8-20)15-24-26(32)31(27(36)37-24)21-11-13-38(33,34)17-21/h4-10,14-16,21H,2-3,11-13,17H2,1H3. The van der Waals surface area contributed by atoms with Gasteiger partial charge in [-0.05, 0) is 49.2 Å². The zero-order valence-corrected chi connectivity index (χ0v) is 23.9. The molecule has 1 atom stereocenters. The number of hydrogen-bond donors (Lipinski definition) is 0. The summed E-state index contributed by atoms with van der Waals surface area (Å²) < 4.78 is 32.0. The van der Waals surface area contributed by atoms with E-state index in [1.807, 2.05) is 54.7 Å². The lowest BCUT2D eigenvalue weighted by atomic mass is 10.1. The number of unbranched alkanes of at least 4 members (excludes halogenated alkanes) is 1. The van der Waals surface area contributed by atoms with Crippen LogP contribution in [-0.4, -0.2) is 57.5 Å². The van der Waals surface area contributed by atoms with E-state index in [0.29, 0.717) is 44.3 Å². The lowest BCUT2D eigenvalue weighted by molar-refractivity contribution is -0.123. The molecule has 1 aromatic heterocycles. The average Bonchev–Trinajstić information content (AvgIpc) is 3.55. The molecular weight excluding hydrogens is 562 g/mol. The molecule has 1 unspecified atom stereocenters. The number of amides is 1. The van der Waals surface area contributed by atoms with Gasteiger partial charge >= 0.3 is 0 Å². The van der Waals surface area contributed by atoms with Gasteiger partial charge in [-0.15, -0.1) is 0 Å². The summed E-state index contributed by atoms with van der Waals surface area (Å²) in [4.78, 5) is 15.2. The number of ether oxygens (including phenoxy) is 1. The third-order valence-corrected chi connectivity index (χ3v) is 9.78. The summed E-state index contributed by atoms with van der Waals surface area (Å²) in [5.41, 5.74) is 2.99. The summed E-state index contributed by atoms with van der Waals surface area (Å²) in [6.45, 7) is 2.69. The normalized spacial score (nSPS) is 20.0. The van der Waals surface area contributed by atoms with E-state index in [4.69, 9.17) is 33.7 Å². The van der Waals surface area contributed by atoms with E-state index in [1.54, 1.807) is 10.8 Å². The van der Waals surface area contributed by atoms with Crippen molar-refractivity contribution < 1.29 is 17.9 Å². The number of benzene rings is 2. The fraction of sp³-hybridized carbons (Fsp3) is 0.296. The Morgan fingerprint density at radius 2 is 2.03 bits per heavy atom. The minimum Gasteiger partial charge on any atom is -0.492 e. The van der Waals surface area contributed by atoms with Crippen molar-refractivity contribution in [2.24, 2.45) is 0 Å². The van der Waals surface area contributed by atoms with Gasteiger partial charge in [0.15, 0.2) is 9.84 Å². The van der Waals surface area contributed by atoms with Crippen molar-refractivity contribution in [1.82, 2.24) is 14.7 Å². The fourth-order valence-corrected chi connectivity index (χ4v) is 7.76. The number of carbonyl (C=O) groups excluding carboxylic acids is 1. The van der Waals surface area contributed by atoms with Gasteiger partial charge < -0.3 is 4.74 Å². The van der Waals surface area contributed by atoms with Gasteiger partial charge in [-0.25, -0.2) is 13.1 Å². The lowest BCUT2D eigenvalue weighted by Crippen LogP contribution is -2.39. The Bertz CT molecular complexity index is 1520. The van der Waals surface area contributed by atoms with E-state index in [9.17, 15) is 13.2 Å². The molecule has 0 spiro atoms. The summed E-state index contributed by atoms with van der Waals surface area (Å²) >= 11 is 13.2. The molecule has 0 radical (unpaired) electrons. The van der Waals surface area contributed by atoms with Crippen molar-refractivity contribution in [3.63, 3.8) is 0 Å². The van der Waals surface area contributed by atoms with Gasteiger partial charge in [0.1, 0.15) is 15.8 Å². The molecule has 2 fully saturated rings. The zero-order valence-electron chi connectivity index (χ0n) is 20.7. The average molecular weight is 588 g/mol. The number of nitrogens with zero attached hydrogens (tertiary/aromatic N) is 3. The van der Waals surface area contributed by atoms with Crippen LogP contribution in [0.25, 0.3) is 23.0 Å². The maximum absolute atomic E-state index is 13.4. The number of hydrogen-bond acceptors (Lipinski definition) is 7. The molecule has 2 aromatic carbocycles. The number of carbonyl (C=O) groups is 1. The summed E-state index contributed by atoms with van der Waals surface area (Å²) in [6, 6.07) is 14.8. The molecule has 38 heavy (non-hydrogen) atoms. The summed E-state index contributed by atoms with van der Waals surface area (Å²) in [6.07, 6.45) is 5.98. The molecule has 3 aromatic rings. The van der Waals surface area contributed by atoms with Gasteiger partial charge in [-0.3, -0.25) is 9.69 Å². The predicted octanol–water partition coefficient (Wildman–Crippen LogP) is 5.76. The molecule has 11 heteroatoms. The summed E-state index contributed by atoms with van der Waals surface area (Å²) in [7, 11) is -3.16. The zero-order chi connectivity index (χ0) is 26.9. The fourth-order valence-electron chi connectivity index (χ4n) is 4.44. The van der Waals surface area contributed by atoms with Crippen molar-refractivity contribution in [2.75, 3.05) is 18.1 Å². The molecule has 2 aliphatic rings. The highest BCUT2D eigenvalue weighted by Crippen LogP contribution is 2.38. The van der Waals surface area contributed by atoms with Crippen LogP contribution in [0, 0.1) is 0 Å². The van der Waals surface area contributed by atoms with Crippen molar-refractivity contribution in [3.05, 3.63) is 70.2 Å². The Hall–Kier alpha value is -2.66. The van der Waals surface area contributed by atoms with E-state index in [2.05, 4.69) is 6.92 Å².